The fourth-order valence-electron chi connectivity index (χ4n) is 3.47. The maximum atomic E-state index is 14.2. The van der Waals surface area contributed by atoms with Crippen LogP contribution in [0.15, 0.2) is 83.8 Å². The number of amides is 1. The summed E-state index contributed by atoms with van der Waals surface area (Å²) in [6, 6.07) is 21.8. The number of rotatable bonds is 6. The molecule has 0 saturated heterocycles. The third-order valence-corrected chi connectivity index (χ3v) is 5.92. The van der Waals surface area contributed by atoms with Crippen molar-refractivity contribution in [2.75, 3.05) is 0 Å². The van der Waals surface area contributed by atoms with Crippen molar-refractivity contribution in [3.63, 3.8) is 0 Å². The fourth-order valence-corrected chi connectivity index (χ4v) is 4.06. The van der Waals surface area contributed by atoms with E-state index >= 15 is 0 Å². The minimum Gasteiger partial charge on any atom is -0.347 e. The van der Waals surface area contributed by atoms with Gasteiger partial charge in [0.25, 0.3) is 5.91 Å². The number of hydrogen-bond acceptors (Lipinski definition) is 3. The number of nitrogens with one attached hydrogen (secondary N) is 1. The Balaban J connectivity index is 1.63. The summed E-state index contributed by atoms with van der Waals surface area (Å²) in [7, 11) is -3.83. The summed E-state index contributed by atoms with van der Waals surface area (Å²) >= 11 is 0. The zero-order valence-corrected chi connectivity index (χ0v) is 17.3. The third kappa shape index (κ3) is 4.50. The second kappa shape index (κ2) is 8.33. The van der Waals surface area contributed by atoms with Crippen LogP contribution in [0.4, 0.5) is 4.39 Å². The van der Waals surface area contributed by atoms with Crippen LogP contribution in [0.1, 0.15) is 21.6 Å². The van der Waals surface area contributed by atoms with Crippen molar-refractivity contribution in [1.29, 1.82) is 0 Å². The van der Waals surface area contributed by atoms with E-state index in [1.807, 2.05) is 24.3 Å². The van der Waals surface area contributed by atoms with Gasteiger partial charge in [-0.25, -0.2) is 17.9 Å². The van der Waals surface area contributed by atoms with E-state index in [4.69, 9.17) is 5.14 Å². The topological polar surface area (TPSA) is 94.2 Å². The summed E-state index contributed by atoms with van der Waals surface area (Å²) in [5.74, 6) is -0.694. The first-order valence-corrected chi connectivity index (χ1v) is 11.1. The molecule has 0 aliphatic rings. The van der Waals surface area contributed by atoms with Crippen LogP contribution < -0.4 is 10.5 Å². The van der Waals surface area contributed by atoms with E-state index in [1.54, 1.807) is 41.0 Å². The average Bonchev–Trinajstić information content (AvgIpc) is 3.12. The van der Waals surface area contributed by atoms with Crippen molar-refractivity contribution in [2.24, 2.45) is 5.14 Å². The molecule has 0 aliphatic heterocycles. The van der Waals surface area contributed by atoms with Gasteiger partial charge in [-0.1, -0.05) is 48.5 Å². The Labute approximate surface area is 179 Å². The number of hydrogen-bond donors (Lipinski definition) is 2. The lowest BCUT2D eigenvalue weighted by molar-refractivity contribution is 0.0942. The molecule has 0 spiro atoms. The first kappa shape index (κ1) is 20.8. The summed E-state index contributed by atoms with van der Waals surface area (Å²) < 4.78 is 39.1. The van der Waals surface area contributed by atoms with Gasteiger partial charge in [0, 0.05) is 23.0 Å². The lowest BCUT2D eigenvalue weighted by atomic mass is 10.2. The van der Waals surface area contributed by atoms with Crippen LogP contribution >= 0.6 is 0 Å². The zero-order valence-electron chi connectivity index (χ0n) is 16.5. The molecule has 0 radical (unpaired) electrons. The van der Waals surface area contributed by atoms with E-state index < -0.39 is 10.0 Å². The summed E-state index contributed by atoms with van der Waals surface area (Å²) in [6.45, 7) is 0.313. The predicted octanol–water partition coefficient (Wildman–Crippen LogP) is 3.41. The minimum absolute atomic E-state index is 0.0204. The molecule has 1 amide bonds. The highest BCUT2D eigenvalue weighted by Crippen LogP contribution is 2.22. The number of carbonyl (C=O) groups excluding carboxylic acids is 1. The molecule has 31 heavy (non-hydrogen) atoms. The number of aromatic nitrogens is 1. The van der Waals surface area contributed by atoms with E-state index in [1.165, 1.54) is 18.2 Å². The van der Waals surface area contributed by atoms with Gasteiger partial charge >= 0.3 is 0 Å². The lowest BCUT2D eigenvalue weighted by Gasteiger charge is -2.12. The van der Waals surface area contributed by atoms with Gasteiger partial charge in [-0.2, -0.15) is 0 Å². The van der Waals surface area contributed by atoms with E-state index in [-0.39, 0.29) is 29.7 Å². The van der Waals surface area contributed by atoms with Crippen LogP contribution in [-0.4, -0.2) is 18.9 Å². The molecule has 158 valence electrons. The Morgan fingerprint density at radius 1 is 0.968 bits per heavy atom. The van der Waals surface area contributed by atoms with Gasteiger partial charge in [0.1, 0.15) is 11.5 Å². The standard InChI is InChI=1S/C23H20FN3O3S/c24-20-10-3-1-8-18(20)15-27-21-11-4-2-7-17(21)13-22(27)23(28)26-14-16-6-5-9-19(12-16)31(25,29)30/h1-13H,14-15H2,(H,26,28)(H2,25,29,30). The smallest absolute Gasteiger partial charge is 0.268 e. The molecule has 6 nitrogen and oxygen atoms in total. The number of primary sulfonamides is 1. The molecular formula is C23H20FN3O3S. The van der Waals surface area contributed by atoms with Crippen LogP contribution in [0.5, 0.6) is 0 Å². The van der Waals surface area contributed by atoms with Gasteiger partial charge in [-0.3, -0.25) is 4.79 Å². The SMILES string of the molecule is NS(=O)(=O)c1cccc(CNC(=O)c2cc3ccccc3n2Cc2ccccc2F)c1. The van der Waals surface area contributed by atoms with E-state index in [0.29, 0.717) is 16.8 Å². The number of nitrogens with two attached hydrogens (primary N) is 1. The van der Waals surface area contributed by atoms with Crippen molar-refractivity contribution >= 4 is 26.8 Å². The van der Waals surface area contributed by atoms with Crippen LogP contribution in [0.25, 0.3) is 10.9 Å². The zero-order chi connectivity index (χ0) is 22.0. The van der Waals surface area contributed by atoms with Gasteiger partial charge < -0.3 is 9.88 Å². The normalized spacial score (nSPS) is 11.5. The Morgan fingerprint density at radius 2 is 1.71 bits per heavy atom. The highest BCUT2D eigenvalue weighted by molar-refractivity contribution is 7.89. The molecule has 0 fully saturated rings. The van der Waals surface area contributed by atoms with Crippen LogP contribution in [-0.2, 0) is 23.1 Å². The second-order valence-corrected chi connectivity index (χ2v) is 8.70. The predicted molar refractivity (Wildman–Crippen MR) is 116 cm³/mol. The van der Waals surface area contributed by atoms with Gasteiger partial charge in [0.2, 0.25) is 10.0 Å². The molecule has 4 aromatic rings. The third-order valence-electron chi connectivity index (χ3n) is 5.01. The summed E-state index contributed by atoms with van der Waals surface area (Å²) in [6.07, 6.45) is 0. The molecule has 0 bridgehead atoms. The summed E-state index contributed by atoms with van der Waals surface area (Å²) in [5, 5.41) is 8.84. The van der Waals surface area contributed by atoms with E-state index in [0.717, 1.165) is 10.9 Å². The van der Waals surface area contributed by atoms with Crippen LogP contribution in [0, 0.1) is 5.82 Å². The maximum Gasteiger partial charge on any atom is 0.268 e. The Hall–Kier alpha value is -3.49. The summed E-state index contributed by atoms with van der Waals surface area (Å²) in [5.41, 5.74) is 2.26. The maximum absolute atomic E-state index is 14.2. The quantitative estimate of drug-likeness (QED) is 0.484. The van der Waals surface area contributed by atoms with Crippen molar-refractivity contribution in [3.8, 4) is 0 Å². The molecule has 3 aromatic carbocycles. The van der Waals surface area contributed by atoms with Crippen molar-refractivity contribution < 1.29 is 17.6 Å². The first-order valence-electron chi connectivity index (χ1n) is 9.54. The molecule has 0 unspecified atom stereocenters. The van der Waals surface area contributed by atoms with Crippen molar-refractivity contribution in [2.45, 2.75) is 18.0 Å². The largest absolute Gasteiger partial charge is 0.347 e. The second-order valence-electron chi connectivity index (χ2n) is 7.14. The Morgan fingerprint density at radius 3 is 2.48 bits per heavy atom. The number of carbonyl (C=O) groups is 1. The average molecular weight is 437 g/mol. The highest BCUT2D eigenvalue weighted by Gasteiger charge is 2.17. The number of para-hydroxylation sites is 1. The molecule has 0 aliphatic carbocycles. The summed E-state index contributed by atoms with van der Waals surface area (Å²) in [4.78, 5) is 13.0. The Bertz CT molecular complexity index is 1380. The minimum atomic E-state index is -3.83. The number of nitrogens with zero attached hydrogens (tertiary/aromatic N) is 1. The van der Waals surface area contributed by atoms with Crippen molar-refractivity contribution in [3.05, 3.63) is 102 Å². The molecule has 0 saturated carbocycles. The first-order chi connectivity index (χ1) is 14.8. The molecule has 4 rings (SSSR count). The van der Waals surface area contributed by atoms with Gasteiger partial charge in [0.05, 0.1) is 11.4 Å². The number of sulfonamides is 1. The molecular weight excluding hydrogens is 417 g/mol. The number of benzene rings is 3. The van der Waals surface area contributed by atoms with Crippen LogP contribution in [0.3, 0.4) is 0 Å². The fraction of sp³-hybridized carbons (Fsp3) is 0.0870. The highest BCUT2D eigenvalue weighted by atomic mass is 32.2. The Kier molecular flexibility index (Phi) is 5.58. The van der Waals surface area contributed by atoms with Gasteiger partial charge in [-0.05, 0) is 35.9 Å². The molecule has 1 heterocycles. The molecule has 3 N–H and O–H groups in total. The van der Waals surface area contributed by atoms with Gasteiger partial charge in [-0.15, -0.1) is 0 Å². The van der Waals surface area contributed by atoms with Crippen molar-refractivity contribution in [1.82, 2.24) is 9.88 Å². The molecule has 8 heteroatoms. The van der Waals surface area contributed by atoms with Gasteiger partial charge in [0.15, 0.2) is 0 Å². The monoisotopic (exact) mass is 437 g/mol. The molecule has 1 aromatic heterocycles. The van der Waals surface area contributed by atoms with E-state index in [2.05, 4.69) is 5.32 Å². The molecule has 0 atom stereocenters. The van der Waals surface area contributed by atoms with Crippen LogP contribution in [0.2, 0.25) is 0 Å². The lowest BCUT2D eigenvalue weighted by Crippen LogP contribution is -2.26. The van der Waals surface area contributed by atoms with E-state index in [9.17, 15) is 17.6 Å². The number of halogens is 1. The number of fused-ring (bicyclic) bond motifs is 1.